The summed E-state index contributed by atoms with van der Waals surface area (Å²) < 4.78 is 37.6. The van der Waals surface area contributed by atoms with E-state index in [1.54, 1.807) is 13.8 Å². The Hall–Kier alpha value is -1.33. The first-order valence-corrected chi connectivity index (χ1v) is 5.03. The van der Waals surface area contributed by atoms with Crippen molar-refractivity contribution in [2.24, 2.45) is 0 Å². The summed E-state index contributed by atoms with van der Waals surface area (Å²) in [4.78, 5) is 10.8. The first kappa shape index (κ1) is 12.7. The average Bonchev–Trinajstić information content (AvgIpc) is 2.52. The summed E-state index contributed by atoms with van der Waals surface area (Å²) in [6.45, 7) is 2.32. The molecule has 0 atom stereocenters. The fourth-order valence-corrected chi connectivity index (χ4v) is 1.64. The summed E-state index contributed by atoms with van der Waals surface area (Å²) in [5.41, 5.74) is 1.08. The number of rotatable bonds is 4. The predicted molar refractivity (Wildman–Crippen MR) is 52.4 cm³/mol. The molecule has 0 N–H and O–H groups in total. The van der Waals surface area contributed by atoms with Crippen molar-refractivity contribution in [2.75, 3.05) is 0 Å². The summed E-state index contributed by atoms with van der Waals surface area (Å²) in [5.74, 6) is 0. The van der Waals surface area contributed by atoms with Crippen LogP contribution in [0.1, 0.15) is 35.6 Å². The second kappa shape index (κ2) is 4.67. The highest BCUT2D eigenvalue weighted by Gasteiger charge is 2.30. The first-order chi connectivity index (χ1) is 7.42. The molecule has 0 saturated carbocycles. The molecule has 0 spiro atoms. The van der Waals surface area contributed by atoms with E-state index < -0.39 is 12.7 Å². The van der Waals surface area contributed by atoms with Crippen LogP contribution in [0.4, 0.5) is 13.2 Å². The molecule has 0 aliphatic rings. The van der Waals surface area contributed by atoms with Crippen molar-refractivity contribution in [3.63, 3.8) is 0 Å². The molecule has 0 aromatic carbocycles. The van der Waals surface area contributed by atoms with E-state index in [4.69, 9.17) is 0 Å². The molecule has 3 nitrogen and oxygen atoms in total. The van der Waals surface area contributed by atoms with E-state index in [2.05, 4.69) is 5.10 Å². The average molecular weight is 234 g/mol. The summed E-state index contributed by atoms with van der Waals surface area (Å²) in [7, 11) is 0. The number of hydrogen-bond acceptors (Lipinski definition) is 2. The normalized spacial score (nSPS) is 11.8. The molecule has 0 amide bonds. The van der Waals surface area contributed by atoms with Gasteiger partial charge in [-0.15, -0.1) is 0 Å². The monoisotopic (exact) mass is 234 g/mol. The molecule has 0 saturated heterocycles. The Labute approximate surface area is 91.3 Å². The maximum absolute atomic E-state index is 12.3. The highest BCUT2D eigenvalue weighted by atomic mass is 19.4. The number of aromatic nitrogens is 2. The number of aryl methyl sites for hydroxylation is 1. The Morgan fingerprint density at radius 3 is 2.31 bits per heavy atom. The first-order valence-electron chi connectivity index (χ1n) is 5.03. The number of hydrogen-bond donors (Lipinski definition) is 0. The van der Waals surface area contributed by atoms with Gasteiger partial charge in [-0.1, -0.05) is 13.8 Å². The van der Waals surface area contributed by atoms with Gasteiger partial charge in [-0.05, 0) is 12.8 Å². The summed E-state index contributed by atoms with van der Waals surface area (Å²) in [6.07, 6.45) is -2.93. The second-order valence-corrected chi connectivity index (χ2v) is 3.40. The Morgan fingerprint density at radius 2 is 1.94 bits per heavy atom. The Bertz CT molecular complexity index is 382. The smallest absolute Gasteiger partial charge is 0.298 e. The topological polar surface area (TPSA) is 34.9 Å². The van der Waals surface area contributed by atoms with Crippen LogP contribution in [0, 0.1) is 0 Å². The van der Waals surface area contributed by atoms with E-state index in [1.165, 1.54) is 0 Å². The summed E-state index contributed by atoms with van der Waals surface area (Å²) >= 11 is 0. The van der Waals surface area contributed by atoms with Crippen molar-refractivity contribution >= 4 is 6.29 Å². The van der Waals surface area contributed by atoms with Crippen molar-refractivity contribution in [3.8, 4) is 0 Å². The largest absolute Gasteiger partial charge is 0.408 e. The van der Waals surface area contributed by atoms with Crippen LogP contribution in [0.5, 0.6) is 0 Å². The van der Waals surface area contributed by atoms with Crippen molar-refractivity contribution in [3.05, 3.63) is 17.0 Å². The van der Waals surface area contributed by atoms with E-state index >= 15 is 0 Å². The second-order valence-electron chi connectivity index (χ2n) is 3.40. The lowest BCUT2D eigenvalue weighted by Gasteiger charge is -2.09. The third-order valence-electron chi connectivity index (χ3n) is 2.29. The fraction of sp³-hybridized carbons (Fsp3) is 0.600. The zero-order valence-corrected chi connectivity index (χ0v) is 9.14. The molecule has 90 valence electrons. The molecule has 16 heavy (non-hydrogen) atoms. The van der Waals surface area contributed by atoms with Gasteiger partial charge in [0.05, 0.1) is 11.3 Å². The highest BCUT2D eigenvalue weighted by Crippen LogP contribution is 2.21. The van der Waals surface area contributed by atoms with Gasteiger partial charge in [0.2, 0.25) is 0 Å². The van der Waals surface area contributed by atoms with Gasteiger partial charge in [-0.2, -0.15) is 18.3 Å². The Morgan fingerprint density at radius 1 is 1.31 bits per heavy atom. The minimum atomic E-state index is -4.32. The summed E-state index contributed by atoms with van der Waals surface area (Å²) in [6, 6.07) is 0. The maximum atomic E-state index is 12.3. The molecule has 1 heterocycles. The van der Waals surface area contributed by atoms with Gasteiger partial charge in [0, 0.05) is 5.69 Å². The van der Waals surface area contributed by atoms with Crippen LogP contribution >= 0.6 is 0 Å². The van der Waals surface area contributed by atoms with Crippen molar-refractivity contribution < 1.29 is 18.0 Å². The zero-order valence-electron chi connectivity index (χ0n) is 9.14. The Balaban J connectivity index is 3.18. The van der Waals surface area contributed by atoms with Crippen LogP contribution in [0.2, 0.25) is 0 Å². The molecule has 0 unspecified atom stereocenters. The third-order valence-corrected chi connectivity index (χ3v) is 2.29. The van der Waals surface area contributed by atoms with Gasteiger partial charge < -0.3 is 0 Å². The minimum absolute atomic E-state index is 0.300. The zero-order chi connectivity index (χ0) is 12.3. The van der Waals surface area contributed by atoms with E-state index in [9.17, 15) is 18.0 Å². The number of carbonyl (C=O) groups excluding carboxylic acids is 1. The lowest BCUT2D eigenvalue weighted by atomic mass is 10.1. The standard InChI is InChI=1S/C10H13F3N2O/c1-3-8-7(5-16)9(4-2)15(14-8)6-10(11,12)13/h5H,3-4,6H2,1-2H3. The van der Waals surface area contributed by atoms with Crippen LogP contribution < -0.4 is 0 Å². The van der Waals surface area contributed by atoms with Crippen LogP contribution in [0.3, 0.4) is 0 Å². The van der Waals surface area contributed by atoms with Crippen LogP contribution in [0.15, 0.2) is 0 Å². The van der Waals surface area contributed by atoms with Crippen molar-refractivity contribution in [1.29, 1.82) is 0 Å². The SMILES string of the molecule is CCc1nn(CC(F)(F)F)c(CC)c1C=O. The molecule has 1 aromatic rings. The van der Waals surface area contributed by atoms with Gasteiger partial charge in [-0.3, -0.25) is 9.48 Å². The molecule has 0 bridgehead atoms. The third kappa shape index (κ3) is 2.62. The minimum Gasteiger partial charge on any atom is -0.298 e. The van der Waals surface area contributed by atoms with Gasteiger partial charge in [0.25, 0.3) is 0 Å². The van der Waals surface area contributed by atoms with Crippen LogP contribution in [-0.2, 0) is 19.4 Å². The molecule has 1 aromatic heterocycles. The van der Waals surface area contributed by atoms with Crippen LogP contribution in [-0.4, -0.2) is 22.2 Å². The maximum Gasteiger partial charge on any atom is 0.408 e. The Kier molecular flexibility index (Phi) is 3.72. The molecule has 0 aliphatic carbocycles. The van der Waals surface area contributed by atoms with Crippen molar-refractivity contribution in [1.82, 2.24) is 9.78 Å². The molecule has 6 heteroatoms. The predicted octanol–water partition coefficient (Wildman–Crippen LogP) is 2.38. The van der Waals surface area contributed by atoms with Crippen molar-refractivity contribution in [2.45, 2.75) is 39.4 Å². The van der Waals surface area contributed by atoms with E-state index in [-0.39, 0.29) is 0 Å². The highest BCUT2D eigenvalue weighted by molar-refractivity contribution is 5.78. The van der Waals surface area contributed by atoms with E-state index in [1.807, 2.05) is 0 Å². The lowest BCUT2D eigenvalue weighted by molar-refractivity contribution is -0.143. The summed E-state index contributed by atoms with van der Waals surface area (Å²) in [5, 5.41) is 3.82. The molecular weight excluding hydrogens is 221 g/mol. The quantitative estimate of drug-likeness (QED) is 0.750. The molecular formula is C10H13F3N2O. The van der Waals surface area contributed by atoms with E-state index in [0.29, 0.717) is 36.1 Å². The van der Waals surface area contributed by atoms with Gasteiger partial charge in [0.15, 0.2) is 6.29 Å². The van der Waals surface area contributed by atoms with Gasteiger partial charge in [-0.25, -0.2) is 0 Å². The number of halogens is 3. The molecule has 1 rings (SSSR count). The number of alkyl halides is 3. The number of aldehydes is 1. The van der Waals surface area contributed by atoms with E-state index in [0.717, 1.165) is 4.68 Å². The molecule has 0 fully saturated rings. The lowest BCUT2D eigenvalue weighted by Crippen LogP contribution is -2.20. The van der Waals surface area contributed by atoms with Gasteiger partial charge in [0.1, 0.15) is 6.54 Å². The number of nitrogens with zero attached hydrogens (tertiary/aromatic N) is 2. The molecule has 0 aliphatic heterocycles. The van der Waals surface area contributed by atoms with Crippen LogP contribution in [0.25, 0.3) is 0 Å². The van der Waals surface area contributed by atoms with Gasteiger partial charge >= 0.3 is 6.18 Å². The molecule has 0 radical (unpaired) electrons. The fourth-order valence-electron chi connectivity index (χ4n) is 1.64. The number of carbonyl (C=O) groups is 1.